The van der Waals surface area contributed by atoms with Crippen molar-refractivity contribution in [2.45, 2.75) is 71.8 Å². The van der Waals surface area contributed by atoms with E-state index in [2.05, 4.69) is 38.8 Å². The minimum absolute atomic E-state index is 0.131. The molecule has 9 heteroatoms. The highest BCUT2D eigenvalue weighted by Crippen LogP contribution is 2.35. The number of halogens is 3. The maximum atomic E-state index is 13.0. The molecule has 31 heavy (non-hydrogen) atoms. The number of benzene rings is 1. The molecule has 2 aromatic rings. The van der Waals surface area contributed by atoms with Crippen molar-refractivity contribution < 1.29 is 23.0 Å². The summed E-state index contributed by atoms with van der Waals surface area (Å²) in [6, 6.07) is 6.45. The molecule has 1 aliphatic rings. The van der Waals surface area contributed by atoms with E-state index in [1.165, 1.54) is 12.1 Å². The van der Waals surface area contributed by atoms with Crippen molar-refractivity contribution in [2.24, 2.45) is 0 Å². The number of carbonyl (C=O) groups is 1. The summed E-state index contributed by atoms with van der Waals surface area (Å²) in [6.45, 7) is 6.04. The first kappa shape index (κ1) is 23.7. The van der Waals surface area contributed by atoms with Gasteiger partial charge in [-0.25, -0.2) is 9.78 Å². The largest absolute Gasteiger partial charge is 0.444 e. The third-order valence-electron chi connectivity index (χ3n) is 5.10. The number of carbonyl (C=O) groups excluding carboxylic acids is 1. The van der Waals surface area contributed by atoms with Crippen molar-refractivity contribution in [1.29, 1.82) is 0 Å². The fourth-order valence-electron chi connectivity index (χ4n) is 3.80. The Kier molecular flexibility index (Phi) is 7.43. The minimum atomic E-state index is -2.84. The SMILES string of the molecule is CCc1nc(I)c2n1CCN(C(=O)OC(C)(C)C)C2CCc1ccc(OC(F)F)cc1. The topological polar surface area (TPSA) is 56.6 Å². The predicted octanol–water partition coefficient (Wildman–Crippen LogP) is 5.58. The van der Waals surface area contributed by atoms with Crippen LogP contribution in [0.25, 0.3) is 0 Å². The molecule has 6 nitrogen and oxygen atoms in total. The number of rotatable bonds is 6. The second kappa shape index (κ2) is 9.70. The molecular formula is C22H28F2IN3O3. The number of amides is 1. The summed E-state index contributed by atoms with van der Waals surface area (Å²) >= 11 is 2.24. The Labute approximate surface area is 195 Å². The molecule has 1 aliphatic heterocycles. The van der Waals surface area contributed by atoms with Gasteiger partial charge >= 0.3 is 12.7 Å². The van der Waals surface area contributed by atoms with Crippen molar-refractivity contribution in [3.8, 4) is 5.75 Å². The molecule has 1 aromatic carbocycles. The molecule has 1 atom stereocenters. The third-order valence-corrected chi connectivity index (χ3v) is 5.89. The van der Waals surface area contributed by atoms with E-state index in [1.54, 1.807) is 17.0 Å². The van der Waals surface area contributed by atoms with Crippen LogP contribution in [0.5, 0.6) is 5.75 Å². The Balaban J connectivity index is 1.83. The van der Waals surface area contributed by atoms with E-state index in [1.807, 2.05) is 20.8 Å². The molecular weight excluding hydrogens is 519 g/mol. The van der Waals surface area contributed by atoms with Crippen LogP contribution < -0.4 is 4.74 Å². The second-order valence-electron chi connectivity index (χ2n) is 8.46. The molecule has 0 bridgehead atoms. The van der Waals surface area contributed by atoms with Crippen LogP contribution in [-0.2, 0) is 24.1 Å². The Bertz CT molecular complexity index is 910. The lowest BCUT2D eigenvalue weighted by Gasteiger charge is -2.38. The monoisotopic (exact) mass is 547 g/mol. The van der Waals surface area contributed by atoms with E-state index >= 15 is 0 Å². The molecule has 0 saturated heterocycles. The number of nitrogens with zero attached hydrogens (tertiary/aromatic N) is 3. The van der Waals surface area contributed by atoms with Gasteiger partial charge in [-0.15, -0.1) is 0 Å². The standard InChI is InChI=1S/C22H28F2IN3O3/c1-5-17-26-19(25)18-16(11-8-14-6-9-15(10-7-14)30-20(23)24)27(12-13-28(17)18)21(29)31-22(2,3)4/h6-7,9-10,16,20H,5,8,11-13H2,1-4H3. The molecule has 3 rings (SSSR count). The number of aryl methyl sites for hydroxylation is 2. The van der Waals surface area contributed by atoms with E-state index in [9.17, 15) is 13.6 Å². The lowest BCUT2D eigenvalue weighted by molar-refractivity contribution is -0.0498. The fraction of sp³-hybridized carbons (Fsp3) is 0.545. The zero-order valence-electron chi connectivity index (χ0n) is 18.2. The van der Waals surface area contributed by atoms with Gasteiger partial charge in [0.05, 0.1) is 11.7 Å². The molecule has 0 radical (unpaired) electrons. The summed E-state index contributed by atoms with van der Waals surface area (Å²) in [4.78, 5) is 19.5. The minimum Gasteiger partial charge on any atom is -0.444 e. The summed E-state index contributed by atoms with van der Waals surface area (Å²) < 4.78 is 38.0. The highest BCUT2D eigenvalue weighted by Gasteiger charge is 2.36. The highest BCUT2D eigenvalue weighted by atomic mass is 127. The Morgan fingerprint density at radius 2 is 1.94 bits per heavy atom. The maximum Gasteiger partial charge on any atom is 0.410 e. The molecule has 2 heterocycles. The van der Waals surface area contributed by atoms with Crippen LogP contribution in [0.15, 0.2) is 24.3 Å². The van der Waals surface area contributed by atoms with Gasteiger partial charge in [-0.1, -0.05) is 19.1 Å². The average Bonchev–Trinajstić information content (AvgIpc) is 3.01. The quantitative estimate of drug-likeness (QED) is 0.444. The predicted molar refractivity (Wildman–Crippen MR) is 121 cm³/mol. The maximum absolute atomic E-state index is 13.0. The summed E-state index contributed by atoms with van der Waals surface area (Å²) in [5, 5.41) is 0. The molecule has 0 spiro atoms. The van der Waals surface area contributed by atoms with Crippen molar-refractivity contribution in [1.82, 2.24) is 14.5 Å². The van der Waals surface area contributed by atoms with Gasteiger partial charge < -0.3 is 14.0 Å². The lowest BCUT2D eigenvalue weighted by atomic mass is 10.0. The second-order valence-corrected chi connectivity index (χ2v) is 9.48. The van der Waals surface area contributed by atoms with E-state index < -0.39 is 12.2 Å². The summed E-state index contributed by atoms with van der Waals surface area (Å²) in [5.74, 6) is 1.15. The van der Waals surface area contributed by atoms with Crippen LogP contribution in [0, 0.1) is 3.70 Å². The number of fused-ring (bicyclic) bond motifs is 1. The van der Waals surface area contributed by atoms with Crippen LogP contribution in [-0.4, -0.2) is 39.3 Å². The molecule has 0 saturated carbocycles. The summed E-state index contributed by atoms with van der Waals surface area (Å²) in [5.41, 5.74) is 1.43. The Morgan fingerprint density at radius 1 is 1.26 bits per heavy atom. The summed E-state index contributed by atoms with van der Waals surface area (Å²) in [6.07, 6.45) is 1.82. The first-order valence-corrected chi connectivity index (χ1v) is 11.4. The van der Waals surface area contributed by atoms with Crippen LogP contribution >= 0.6 is 22.6 Å². The van der Waals surface area contributed by atoms with Gasteiger partial charge in [-0.2, -0.15) is 8.78 Å². The smallest absolute Gasteiger partial charge is 0.410 e. The van der Waals surface area contributed by atoms with Crippen LogP contribution in [0.4, 0.5) is 13.6 Å². The van der Waals surface area contributed by atoms with Gasteiger partial charge in [0.15, 0.2) is 0 Å². The number of alkyl halides is 2. The zero-order valence-corrected chi connectivity index (χ0v) is 20.4. The average molecular weight is 547 g/mol. The molecule has 0 aliphatic carbocycles. The molecule has 170 valence electrons. The summed E-state index contributed by atoms with van der Waals surface area (Å²) in [7, 11) is 0. The lowest BCUT2D eigenvalue weighted by Crippen LogP contribution is -2.45. The third kappa shape index (κ3) is 5.87. The van der Waals surface area contributed by atoms with E-state index in [-0.39, 0.29) is 17.9 Å². The van der Waals surface area contributed by atoms with Gasteiger partial charge in [0, 0.05) is 19.5 Å². The van der Waals surface area contributed by atoms with Gasteiger partial charge in [-0.3, -0.25) is 4.90 Å². The van der Waals surface area contributed by atoms with E-state index in [0.717, 1.165) is 27.2 Å². The van der Waals surface area contributed by atoms with Gasteiger partial charge in [0.1, 0.15) is 20.9 Å². The van der Waals surface area contributed by atoms with Crippen molar-refractivity contribution in [3.05, 3.63) is 45.0 Å². The van der Waals surface area contributed by atoms with Gasteiger partial charge in [0.25, 0.3) is 0 Å². The molecule has 1 amide bonds. The fourth-order valence-corrected chi connectivity index (χ4v) is 4.73. The number of ether oxygens (including phenoxy) is 2. The number of hydrogen-bond acceptors (Lipinski definition) is 4. The first-order chi connectivity index (χ1) is 14.6. The van der Waals surface area contributed by atoms with Crippen molar-refractivity contribution in [3.63, 3.8) is 0 Å². The van der Waals surface area contributed by atoms with Gasteiger partial charge in [-0.05, 0) is 73.9 Å². The first-order valence-electron chi connectivity index (χ1n) is 10.4. The Morgan fingerprint density at radius 3 is 2.52 bits per heavy atom. The van der Waals surface area contributed by atoms with Crippen LogP contribution in [0.1, 0.15) is 57.2 Å². The highest BCUT2D eigenvalue weighted by molar-refractivity contribution is 14.1. The normalized spacial score (nSPS) is 16.4. The number of aromatic nitrogens is 2. The van der Waals surface area contributed by atoms with E-state index in [4.69, 9.17) is 9.72 Å². The molecule has 0 N–H and O–H groups in total. The van der Waals surface area contributed by atoms with Crippen molar-refractivity contribution in [2.75, 3.05) is 6.54 Å². The Hall–Kier alpha value is -1.91. The van der Waals surface area contributed by atoms with E-state index in [0.29, 0.717) is 25.9 Å². The molecule has 0 fully saturated rings. The van der Waals surface area contributed by atoms with Crippen LogP contribution in [0.2, 0.25) is 0 Å². The molecule has 1 aromatic heterocycles. The molecule has 1 unspecified atom stereocenters. The van der Waals surface area contributed by atoms with Crippen molar-refractivity contribution >= 4 is 28.7 Å². The van der Waals surface area contributed by atoms with Crippen LogP contribution in [0.3, 0.4) is 0 Å². The number of hydrogen-bond donors (Lipinski definition) is 0. The number of imidazole rings is 1. The van der Waals surface area contributed by atoms with Gasteiger partial charge in [0.2, 0.25) is 0 Å². The zero-order chi connectivity index (χ0) is 22.8.